The average Bonchev–Trinajstić information content (AvgIpc) is 2.31. The van der Waals surface area contributed by atoms with Crippen molar-refractivity contribution in [2.24, 2.45) is 0 Å². The third-order valence-electron chi connectivity index (χ3n) is 2.86. The molecule has 0 spiro atoms. The zero-order chi connectivity index (χ0) is 14.9. The van der Waals surface area contributed by atoms with Crippen LogP contribution in [0.5, 0.6) is 0 Å². The van der Waals surface area contributed by atoms with Gasteiger partial charge in [0, 0.05) is 17.3 Å². The van der Waals surface area contributed by atoms with Gasteiger partial charge in [0.25, 0.3) is 5.56 Å². The quantitative estimate of drug-likeness (QED) is 0.893. The Morgan fingerprint density at radius 3 is 2.40 bits per heavy atom. The maximum atomic E-state index is 12.0. The smallest absolute Gasteiger partial charge is 0.409 e. The molecular weight excluding hydrogens is 280 g/mol. The van der Waals surface area contributed by atoms with E-state index in [2.05, 4.69) is 5.32 Å². The molecule has 5 nitrogen and oxygen atoms in total. The largest absolute Gasteiger partial charge is 0.465 e. The highest BCUT2D eigenvalue weighted by atomic mass is 35.5. The Morgan fingerprint density at radius 2 is 1.85 bits per heavy atom. The molecule has 104 valence electrons. The van der Waals surface area contributed by atoms with Gasteiger partial charge in [-0.15, -0.1) is 0 Å². The summed E-state index contributed by atoms with van der Waals surface area (Å²) in [4.78, 5) is 22.7. The second kappa shape index (κ2) is 5.38. The van der Waals surface area contributed by atoms with Crippen LogP contribution in [0.4, 0.5) is 10.5 Å². The van der Waals surface area contributed by atoms with E-state index in [1.54, 1.807) is 12.1 Å². The Labute approximate surface area is 120 Å². The number of rotatable bonds is 2. The lowest BCUT2D eigenvalue weighted by atomic mass is 10.1. The number of halogens is 1. The SMILES string of the molecule is Cc1cc(Cl)cc(C)c1-n1cc(NC(=O)O)ccc1=O. The minimum absolute atomic E-state index is 0.241. The first-order valence-electron chi connectivity index (χ1n) is 5.88. The van der Waals surface area contributed by atoms with Gasteiger partial charge in [0.1, 0.15) is 0 Å². The van der Waals surface area contributed by atoms with E-state index in [4.69, 9.17) is 16.7 Å². The Morgan fingerprint density at radius 1 is 1.25 bits per heavy atom. The summed E-state index contributed by atoms with van der Waals surface area (Å²) in [6.07, 6.45) is 0.277. The fourth-order valence-corrected chi connectivity index (χ4v) is 2.47. The van der Waals surface area contributed by atoms with Gasteiger partial charge >= 0.3 is 6.09 Å². The standard InChI is InChI=1S/C14H13ClN2O3/c1-8-5-10(15)6-9(2)13(8)17-7-11(16-14(19)20)3-4-12(17)18/h3-7,16H,1-2H3,(H,19,20). The van der Waals surface area contributed by atoms with Gasteiger partial charge in [-0.05, 0) is 43.2 Å². The number of benzene rings is 1. The van der Waals surface area contributed by atoms with E-state index in [1.165, 1.54) is 22.9 Å². The van der Waals surface area contributed by atoms with Crippen LogP contribution in [0.2, 0.25) is 5.02 Å². The first kappa shape index (κ1) is 14.1. The molecule has 0 unspecified atom stereocenters. The number of carbonyl (C=O) groups is 1. The van der Waals surface area contributed by atoms with E-state index < -0.39 is 6.09 Å². The summed E-state index contributed by atoms with van der Waals surface area (Å²) in [5, 5.41) is 11.5. The molecule has 0 fully saturated rings. The molecule has 0 aliphatic carbocycles. The molecule has 2 aromatic rings. The molecule has 1 heterocycles. The van der Waals surface area contributed by atoms with E-state index in [1.807, 2.05) is 13.8 Å². The lowest BCUT2D eigenvalue weighted by molar-refractivity contribution is 0.209. The van der Waals surface area contributed by atoms with Crippen molar-refractivity contribution in [3.8, 4) is 5.69 Å². The van der Waals surface area contributed by atoms with Crippen molar-refractivity contribution in [2.45, 2.75) is 13.8 Å². The van der Waals surface area contributed by atoms with Crippen LogP contribution in [0.1, 0.15) is 11.1 Å². The van der Waals surface area contributed by atoms with Crippen molar-refractivity contribution in [3.05, 3.63) is 57.0 Å². The van der Waals surface area contributed by atoms with Crippen LogP contribution in [0.25, 0.3) is 5.69 Å². The van der Waals surface area contributed by atoms with Crippen molar-refractivity contribution < 1.29 is 9.90 Å². The van der Waals surface area contributed by atoms with Crippen LogP contribution < -0.4 is 10.9 Å². The number of nitrogens with one attached hydrogen (secondary N) is 1. The molecule has 0 saturated carbocycles. The molecular formula is C14H13ClN2O3. The second-order valence-corrected chi connectivity index (χ2v) is 4.88. The Balaban J connectivity index is 2.63. The average molecular weight is 293 g/mol. The van der Waals surface area contributed by atoms with Crippen molar-refractivity contribution in [2.75, 3.05) is 5.32 Å². The molecule has 0 aliphatic rings. The number of hydrogen-bond acceptors (Lipinski definition) is 2. The fraction of sp³-hybridized carbons (Fsp3) is 0.143. The summed E-state index contributed by atoms with van der Waals surface area (Å²) in [7, 11) is 0. The van der Waals surface area contributed by atoms with Gasteiger partial charge in [0.05, 0.1) is 11.4 Å². The summed E-state index contributed by atoms with van der Waals surface area (Å²) >= 11 is 5.97. The molecule has 6 heteroatoms. The number of pyridine rings is 1. The number of amides is 1. The summed E-state index contributed by atoms with van der Waals surface area (Å²) in [5.41, 5.74) is 2.46. The molecule has 1 amide bonds. The van der Waals surface area contributed by atoms with Crippen LogP contribution in [-0.4, -0.2) is 15.8 Å². The summed E-state index contributed by atoms with van der Waals surface area (Å²) in [6.45, 7) is 3.69. The van der Waals surface area contributed by atoms with E-state index >= 15 is 0 Å². The van der Waals surface area contributed by atoms with E-state index in [0.29, 0.717) is 16.4 Å². The van der Waals surface area contributed by atoms with E-state index in [9.17, 15) is 9.59 Å². The Hall–Kier alpha value is -2.27. The van der Waals surface area contributed by atoms with Crippen LogP contribution in [0, 0.1) is 13.8 Å². The van der Waals surface area contributed by atoms with Gasteiger partial charge in [0.2, 0.25) is 0 Å². The maximum absolute atomic E-state index is 12.0. The molecule has 0 bridgehead atoms. The maximum Gasteiger partial charge on any atom is 0.409 e. The first-order valence-corrected chi connectivity index (χ1v) is 6.26. The van der Waals surface area contributed by atoms with E-state index in [-0.39, 0.29) is 5.56 Å². The highest BCUT2D eigenvalue weighted by Crippen LogP contribution is 2.23. The van der Waals surface area contributed by atoms with Gasteiger partial charge in [-0.2, -0.15) is 0 Å². The highest BCUT2D eigenvalue weighted by molar-refractivity contribution is 6.30. The lowest BCUT2D eigenvalue weighted by Crippen LogP contribution is -2.20. The van der Waals surface area contributed by atoms with Crippen LogP contribution in [0.15, 0.2) is 35.3 Å². The van der Waals surface area contributed by atoms with Gasteiger partial charge in [0.15, 0.2) is 0 Å². The van der Waals surface area contributed by atoms with Gasteiger partial charge in [-0.3, -0.25) is 14.7 Å². The van der Waals surface area contributed by atoms with Gasteiger partial charge in [-0.1, -0.05) is 11.6 Å². The lowest BCUT2D eigenvalue weighted by Gasteiger charge is -2.14. The number of aryl methyl sites for hydroxylation is 2. The van der Waals surface area contributed by atoms with Crippen LogP contribution in [-0.2, 0) is 0 Å². The third-order valence-corrected chi connectivity index (χ3v) is 3.08. The van der Waals surface area contributed by atoms with Crippen molar-refractivity contribution in [3.63, 3.8) is 0 Å². The number of nitrogens with zero attached hydrogens (tertiary/aromatic N) is 1. The van der Waals surface area contributed by atoms with Crippen molar-refractivity contribution in [1.29, 1.82) is 0 Å². The summed E-state index contributed by atoms with van der Waals surface area (Å²) in [6, 6.07) is 6.26. The topological polar surface area (TPSA) is 71.3 Å². The molecule has 0 radical (unpaired) electrons. The van der Waals surface area contributed by atoms with Gasteiger partial charge in [-0.25, -0.2) is 4.79 Å². The minimum atomic E-state index is -1.18. The zero-order valence-corrected chi connectivity index (χ0v) is 11.7. The summed E-state index contributed by atoms with van der Waals surface area (Å²) < 4.78 is 1.41. The van der Waals surface area contributed by atoms with E-state index in [0.717, 1.165) is 11.1 Å². The number of anilines is 1. The molecule has 0 atom stereocenters. The van der Waals surface area contributed by atoms with Crippen molar-refractivity contribution in [1.82, 2.24) is 4.57 Å². The Kier molecular flexibility index (Phi) is 3.81. The molecule has 1 aromatic carbocycles. The Bertz CT molecular complexity index is 714. The predicted molar refractivity (Wildman–Crippen MR) is 78.2 cm³/mol. The fourth-order valence-electron chi connectivity index (χ4n) is 2.14. The van der Waals surface area contributed by atoms with Gasteiger partial charge < -0.3 is 5.11 Å². The minimum Gasteiger partial charge on any atom is -0.465 e. The first-order chi connectivity index (χ1) is 9.38. The highest BCUT2D eigenvalue weighted by Gasteiger charge is 2.10. The normalized spacial score (nSPS) is 10.3. The zero-order valence-electron chi connectivity index (χ0n) is 11.0. The molecule has 1 aromatic heterocycles. The predicted octanol–water partition coefficient (Wildman–Crippen LogP) is 3.20. The molecule has 0 saturated heterocycles. The number of carboxylic acid groups (broad SMARTS) is 1. The third kappa shape index (κ3) is 2.83. The van der Waals surface area contributed by atoms with Crippen molar-refractivity contribution >= 4 is 23.4 Å². The number of hydrogen-bond donors (Lipinski definition) is 2. The van der Waals surface area contributed by atoms with Crippen LogP contribution in [0.3, 0.4) is 0 Å². The second-order valence-electron chi connectivity index (χ2n) is 4.44. The molecule has 2 N–H and O–H groups in total. The monoisotopic (exact) mass is 292 g/mol. The molecule has 0 aliphatic heterocycles. The molecule has 2 rings (SSSR count). The summed E-state index contributed by atoms with van der Waals surface area (Å²) in [5.74, 6) is 0. The molecule has 20 heavy (non-hydrogen) atoms. The number of aromatic nitrogens is 1. The van der Waals surface area contributed by atoms with Crippen LogP contribution >= 0.6 is 11.6 Å².